The lowest BCUT2D eigenvalue weighted by Gasteiger charge is -2.10. The maximum Gasteiger partial charge on any atom is 0.0455 e. The van der Waals surface area contributed by atoms with E-state index in [1.807, 2.05) is 6.07 Å². The zero-order valence-electron chi connectivity index (χ0n) is 11.3. The third-order valence-electron chi connectivity index (χ3n) is 3.50. The quantitative estimate of drug-likeness (QED) is 0.615. The Balaban J connectivity index is 2.00. The van der Waals surface area contributed by atoms with Crippen molar-refractivity contribution in [3.8, 4) is 16.8 Å². The number of aryl methyl sites for hydroxylation is 2. The number of hydrogen-bond acceptors (Lipinski definition) is 0. The molecule has 2 aromatic carbocycles. The smallest absolute Gasteiger partial charge is 0.0455 e. The first-order valence-corrected chi connectivity index (χ1v) is 6.56. The molecule has 94 valence electrons. The Bertz CT molecular complexity index is 656. The molecule has 0 spiro atoms. The van der Waals surface area contributed by atoms with Crippen molar-refractivity contribution >= 4 is 0 Å². The summed E-state index contributed by atoms with van der Waals surface area (Å²) < 4.78 is 2.27. The highest BCUT2D eigenvalue weighted by Gasteiger charge is 2.04. The van der Waals surface area contributed by atoms with E-state index in [0.29, 0.717) is 0 Å². The molecule has 0 bridgehead atoms. The molecule has 0 saturated heterocycles. The summed E-state index contributed by atoms with van der Waals surface area (Å²) in [5.41, 5.74) is 6.27. The first-order valence-electron chi connectivity index (χ1n) is 6.56. The standard InChI is InChI=1S/C18H17N/c1-14-8-9-15(2)19(14)18-12-10-17(11-13-18)16-6-4-3-5-7-16/h3-13H,1-2H3. The molecule has 1 heteroatoms. The minimum Gasteiger partial charge on any atom is -0.319 e. The van der Waals surface area contributed by atoms with Crippen molar-refractivity contribution < 1.29 is 0 Å². The van der Waals surface area contributed by atoms with Crippen LogP contribution >= 0.6 is 0 Å². The van der Waals surface area contributed by atoms with E-state index < -0.39 is 0 Å². The molecular formula is C18H17N. The molecule has 3 rings (SSSR count). The molecule has 19 heavy (non-hydrogen) atoms. The summed E-state index contributed by atoms with van der Waals surface area (Å²) in [5.74, 6) is 0. The fourth-order valence-corrected chi connectivity index (χ4v) is 2.51. The number of hydrogen-bond donors (Lipinski definition) is 0. The Hall–Kier alpha value is -2.28. The highest BCUT2D eigenvalue weighted by molar-refractivity contribution is 5.64. The van der Waals surface area contributed by atoms with Gasteiger partial charge in [0.05, 0.1) is 0 Å². The van der Waals surface area contributed by atoms with Gasteiger partial charge in [0.2, 0.25) is 0 Å². The van der Waals surface area contributed by atoms with Crippen LogP contribution in [0.4, 0.5) is 0 Å². The SMILES string of the molecule is Cc1ccc(C)n1-c1ccc(-c2ccccc2)cc1. The topological polar surface area (TPSA) is 4.93 Å². The number of rotatable bonds is 2. The van der Waals surface area contributed by atoms with E-state index >= 15 is 0 Å². The average Bonchev–Trinajstić information content (AvgIpc) is 2.79. The van der Waals surface area contributed by atoms with Gasteiger partial charge in [-0.25, -0.2) is 0 Å². The summed E-state index contributed by atoms with van der Waals surface area (Å²) in [7, 11) is 0. The van der Waals surface area contributed by atoms with E-state index in [0.717, 1.165) is 0 Å². The molecule has 0 radical (unpaired) electrons. The fourth-order valence-electron chi connectivity index (χ4n) is 2.51. The summed E-state index contributed by atoms with van der Waals surface area (Å²) in [6, 6.07) is 23.5. The second-order valence-electron chi connectivity index (χ2n) is 4.86. The van der Waals surface area contributed by atoms with E-state index in [-0.39, 0.29) is 0 Å². The predicted molar refractivity (Wildman–Crippen MR) is 80.7 cm³/mol. The molecule has 1 nitrogen and oxygen atoms in total. The lowest BCUT2D eigenvalue weighted by Crippen LogP contribution is -1.98. The Morgan fingerprint density at radius 3 is 1.68 bits per heavy atom. The van der Waals surface area contributed by atoms with Gasteiger partial charge in [-0.05, 0) is 49.2 Å². The van der Waals surface area contributed by atoms with Crippen molar-refractivity contribution in [2.45, 2.75) is 13.8 Å². The monoisotopic (exact) mass is 247 g/mol. The predicted octanol–water partition coefficient (Wildman–Crippen LogP) is 4.76. The molecule has 0 aliphatic heterocycles. The third-order valence-corrected chi connectivity index (χ3v) is 3.50. The highest BCUT2D eigenvalue weighted by atomic mass is 15.0. The van der Waals surface area contributed by atoms with Gasteiger partial charge >= 0.3 is 0 Å². The van der Waals surface area contributed by atoms with Gasteiger partial charge in [-0.3, -0.25) is 0 Å². The zero-order valence-corrected chi connectivity index (χ0v) is 11.3. The maximum atomic E-state index is 2.27. The van der Waals surface area contributed by atoms with Crippen molar-refractivity contribution in [3.63, 3.8) is 0 Å². The van der Waals surface area contributed by atoms with Crippen molar-refractivity contribution in [1.82, 2.24) is 4.57 Å². The van der Waals surface area contributed by atoms with Crippen LogP contribution in [0.15, 0.2) is 66.7 Å². The minimum atomic E-state index is 1.22. The molecule has 0 unspecified atom stereocenters. The summed E-state index contributed by atoms with van der Waals surface area (Å²) in [5, 5.41) is 0. The molecule has 0 N–H and O–H groups in total. The van der Waals surface area contributed by atoms with Crippen LogP contribution in [-0.2, 0) is 0 Å². The first kappa shape index (κ1) is 11.8. The van der Waals surface area contributed by atoms with Crippen molar-refractivity contribution in [1.29, 1.82) is 0 Å². The first-order chi connectivity index (χ1) is 9.25. The molecule has 0 atom stereocenters. The largest absolute Gasteiger partial charge is 0.319 e. The van der Waals surface area contributed by atoms with E-state index in [9.17, 15) is 0 Å². The molecule has 0 amide bonds. The van der Waals surface area contributed by atoms with Crippen LogP contribution < -0.4 is 0 Å². The Labute approximate surface area is 114 Å². The molecule has 0 aliphatic carbocycles. The summed E-state index contributed by atoms with van der Waals surface area (Å²) in [6.45, 7) is 4.27. The molecule has 0 saturated carbocycles. The maximum absolute atomic E-state index is 2.27. The van der Waals surface area contributed by atoms with Crippen molar-refractivity contribution in [3.05, 3.63) is 78.1 Å². The van der Waals surface area contributed by atoms with E-state index in [4.69, 9.17) is 0 Å². The van der Waals surface area contributed by atoms with Crippen LogP contribution in [0.3, 0.4) is 0 Å². The van der Waals surface area contributed by atoms with Crippen LogP contribution in [0.25, 0.3) is 16.8 Å². The molecule has 3 aromatic rings. The molecule has 1 aromatic heterocycles. The molecule has 0 aliphatic rings. The third kappa shape index (κ3) is 2.19. The number of benzene rings is 2. The number of nitrogens with zero attached hydrogens (tertiary/aromatic N) is 1. The second kappa shape index (κ2) is 4.77. The number of aromatic nitrogens is 1. The Morgan fingerprint density at radius 1 is 0.579 bits per heavy atom. The Morgan fingerprint density at radius 2 is 1.11 bits per heavy atom. The molecule has 1 heterocycles. The normalized spacial score (nSPS) is 10.6. The lowest BCUT2D eigenvalue weighted by atomic mass is 10.1. The van der Waals surface area contributed by atoms with E-state index in [1.54, 1.807) is 0 Å². The van der Waals surface area contributed by atoms with Gasteiger partial charge in [-0.1, -0.05) is 42.5 Å². The zero-order chi connectivity index (χ0) is 13.2. The summed E-state index contributed by atoms with van der Waals surface area (Å²) in [4.78, 5) is 0. The highest BCUT2D eigenvalue weighted by Crippen LogP contribution is 2.22. The van der Waals surface area contributed by atoms with Gasteiger partial charge in [0.25, 0.3) is 0 Å². The summed E-state index contributed by atoms with van der Waals surface area (Å²) in [6.07, 6.45) is 0. The average molecular weight is 247 g/mol. The van der Waals surface area contributed by atoms with Gasteiger partial charge in [-0.15, -0.1) is 0 Å². The van der Waals surface area contributed by atoms with Gasteiger partial charge < -0.3 is 4.57 Å². The van der Waals surface area contributed by atoms with Crippen molar-refractivity contribution in [2.24, 2.45) is 0 Å². The Kier molecular flexibility index (Phi) is 2.96. The van der Waals surface area contributed by atoms with Crippen LogP contribution in [-0.4, -0.2) is 4.57 Å². The second-order valence-corrected chi connectivity index (χ2v) is 4.86. The van der Waals surface area contributed by atoms with Crippen LogP contribution in [0.5, 0.6) is 0 Å². The van der Waals surface area contributed by atoms with Gasteiger partial charge in [0.15, 0.2) is 0 Å². The van der Waals surface area contributed by atoms with E-state index in [2.05, 4.69) is 79.1 Å². The van der Waals surface area contributed by atoms with Gasteiger partial charge in [0, 0.05) is 17.1 Å². The van der Waals surface area contributed by atoms with Crippen molar-refractivity contribution in [2.75, 3.05) is 0 Å². The molecular weight excluding hydrogens is 230 g/mol. The molecule has 0 fully saturated rings. The van der Waals surface area contributed by atoms with E-state index in [1.165, 1.54) is 28.2 Å². The van der Waals surface area contributed by atoms with Crippen LogP contribution in [0.1, 0.15) is 11.4 Å². The minimum absolute atomic E-state index is 1.22. The van der Waals surface area contributed by atoms with Crippen LogP contribution in [0.2, 0.25) is 0 Å². The fraction of sp³-hybridized carbons (Fsp3) is 0.111. The van der Waals surface area contributed by atoms with Gasteiger partial charge in [-0.2, -0.15) is 0 Å². The van der Waals surface area contributed by atoms with Crippen LogP contribution in [0, 0.1) is 13.8 Å². The summed E-state index contributed by atoms with van der Waals surface area (Å²) >= 11 is 0. The van der Waals surface area contributed by atoms with Gasteiger partial charge in [0.1, 0.15) is 0 Å². The lowest BCUT2D eigenvalue weighted by molar-refractivity contribution is 0.966.